The van der Waals surface area contributed by atoms with Crippen LogP contribution in [0.3, 0.4) is 0 Å². The molecule has 1 aromatic carbocycles. The summed E-state index contributed by atoms with van der Waals surface area (Å²) in [6.45, 7) is 0. The first-order valence-electron chi connectivity index (χ1n) is 5.73. The molecule has 1 aromatic rings. The van der Waals surface area contributed by atoms with Gasteiger partial charge in [-0.2, -0.15) is 0 Å². The summed E-state index contributed by atoms with van der Waals surface area (Å²) in [5.74, 6) is 0.447. The van der Waals surface area contributed by atoms with Crippen LogP contribution in [0.5, 0.6) is 0 Å². The molecule has 0 bridgehead atoms. The Morgan fingerprint density at radius 1 is 1.37 bits per heavy atom. The number of thioether (sulfide) groups is 1. The third-order valence-electron chi connectivity index (χ3n) is 3.07. The maximum absolute atomic E-state index is 11.8. The van der Waals surface area contributed by atoms with Gasteiger partial charge in [0, 0.05) is 10.5 Å². The second-order valence-corrected chi connectivity index (χ2v) is 6.19. The second-order valence-electron chi connectivity index (χ2n) is 4.30. The molecule has 1 unspecified atom stereocenters. The van der Waals surface area contributed by atoms with Crippen molar-refractivity contribution in [2.45, 2.75) is 23.8 Å². The van der Waals surface area contributed by atoms with Crippen LogP contribution in [-0.2, 0) is 16.0 Å². The highest BCUT2D eigenvalue weighted by Crippen LogP contribution is 2.44. The Morgan fingerprint density at radius 3 is 2.84 bits per heavy atom. The van der Waals surface area contributed by atoms with Crippen LogP contribution >= 0.6 is 35.0 Å². The van der Waals surface area contributed by atoms with Gasteiger partial charge in [0.05, 0.1) is 10.0 Å². The van der Waals surface area contributed by atoms with E-state index in [2.05, 4.69) is 5.32 Å². The summed E-state index contributed by atoms with van der Waals surface area (Å²) in [5, 5.41) is 2.77. The molecule has 1 saturated heterocycles. The SMILES string of the molecule is O=C1NC(=O)C(c2c(Cl)c(Cl)cc3c2SCCC3)O1. The molecule has 0 aliphatic carbocycles. The van der Waals surface area contributed by atoms with Crippen molar-refractivity contribution in [2.75, 3.05) is 5.75 Å². The van der Waals surface area contributed by atoms with Crippen molar-refractivity contribution in [3.8, 4) is 0 Å². The molecule has 1 atom stereocenters. The van der Waals surface area contributed by atoms with Gasteiger partial charge in [0.1, 0.15) is 0 Å². The molecule has 1 fully saturated rings. The van der Waals surface area contributed by atoms with Crippen molar-refractivity contribution in [3.05, 3.63) is 27.2 Å². The van der Waals surface area contributed by atoms with E-state index in [1.807, 2.05) is 6.07 Å². The van der Waals surface area contributed by atoms with Gasteiger partial charge < -0.3 is 4.74 Å². The molecule has 100 valence electrons. The molecule has 3 rings (SSSR count). The van der Waals surface area contributed by atoms with Gasteiger partial charge in [0.2, 0.25) is 6.10 Å². The zero-order valence-electron chi connectivity index (χ0n) is 9.66. The van der Waals surface area contributed by atoms with Gasteiger partial charge in [-0.3, -0.25) is 10.1 Å². The molecule has 0 saturated carbocycles. The lowest BCUT2D eigenvalue weighted by Gasteiger charge is -2.22. The summed E-state index contributed by atoms with van der Waals surface area (Å²) in [4.78, 5) is 23.8. The van der Waals surface area contributed by atoms with Crippen LogP contribution in [0.1, 0.15) is 23.7 Å². The largest absolute Gasteiger partial charge is 0.431 e. The van der Waals surface area contributed by atoms with Gasteiger partial charge in [0.25, 0.3) is 5.91 Å². The molecule has 1 N–H and O–H groups in total. The molecule has 2 heterocycles. The molecule has 19 heavy (non-hydrogen) atoms. The normalized spacial score (nSPS) is 21.9. The van der Waals surface area contributed by atoms with Crippen LogP contribution in [-0.4, -0.2) is 17.8 Å². The summed E-state index contributed by atoms with van der Waals surface area (Å²) in [6, 6.07) is 1.82. The minimum atomic E-state index is -1.00. The molecule has 2 aliphatic heterocycles. The molecule has 0 spiro atoms. The number of hydrogen-bond donors (Lipinski definition) is 1. The first-order chi connectivity index (χ1) is 9.08. The maximum atomic E-state index is 11.8. The molecular weight excluding hydrogens is 309 g/mol. The third kappa shape index (κ3) is 2.20. The number of fused-ring (bicyclic) bond motifs is 1. The van der Waals surface area contributed by atoms with Crippen LogP contribution in [0.15, 0.2) is 11.0 Å². The third-order valence-corrected chi connectivity index (χ3v) is 5.14. The quantitative estimate of drug-likeness (QED) is 0.863. The zero-order chi connectivity index (χ0) is 13.6. The van der Waals surface area contributed by atoms with Crippen molar-refractivity contribution < 1.29 is 14.3 Å². The Balaban J connectivity index is 2.16. The number of carbonyl (C=O) groups is 2. The highest BCUT2D eigenvalue weighted by atomic mass is 35.5. The van der Waals surface area contributed by atoms with Gasteiger partial charge in [-0.1, -0.05) is 23.2 Å². The molecule has 7 heteroatoms. The maximum Gasteiger partial charge on any atom is 0.415 e. The number of carbonyl (C=O) groups excluding carboxylic acids is 2. The first kappa shape index (κ1) is 13.1. The summed E-state index contributed by atoms with van der Waals surface area (Å²) in [5.41, 5.74) is 1.56. The van der Waals surface area contributed by atoms with E-state index in [1.165, 1.54) is 0 Å². The number of halogens is 2. The van der Waals surface area contributed by atoms with E-state index >= 15 is 0 Å². The predicted molar refractivity (Wildman–Crippen MR) is 72.9 cm³/mol. The summed E-state index contributed by atoms with van der Waals surface area (Å²) >= 11 is 13.9. The molecule has 0 aromatic heterocycles. The summed E-state index contributed by atoms with van der Waals surface area (Å²) in [6.07, 6.45) is 0.180. The van der Waals surface area contributed by atoms with Crippen molar-refractivity contribution in [3.63, 3.8) is 0 Å². The fraction of sp³-hybridized carbons (Fsp3) is 0.333. The highest BCUT2D eigenvalue weighted by molar-refractivity contribution is 7.99. The van der Waals surface area contributed by atoms with Gasteiger partial charge in [0.15, 0.2) is 0 Å². The van der Waals surface area contributed by atoms with Crippen LogP contribution in [0, 0.1) is 0 Å². The number of ether oxygens (including phenoxy) is 1. The highest BCUT2D eigenvalue weighted by Gasteiger charge is 2.38. The Hall–Kier alpha value is -0.910. The van der Waals surface area contributed by atoms with E-state index < -0.39 is 18.1 Å². The minimum absolute atomic E-state index is 0.282. The smallest absolute Gasteiger partial charge is 0.415 e. The number of rotatable bonds is 1. The van der Waals surface area contributed by atoms with Crippen LogP contribution in [0.2, 0.25) is 10.0 Å². The Bertz CT molecular complexity index is 591. The predicted octanol–water partition coefficient (Wildman–Crippen LogP) is 3.34. The molecular formula is C12H9Cl2NO3S. The fourth-order valence-electron chi connectivity index (χ4n) is 2.26. The first-order valence-corrected chi connectivity index (χ1v) is 7.47. The Kier molecular flexibility index (Phi) is 3.37. The number of hydrogen-bond acceptors (Lipinski definition) is 4. The number of amides is 2. The standard InChI is InChI=1S/C12H9Cl2NO3S/c13-6-4-5-2-1-3-19-10(5)7(8(6)14)9-11(16)15-12(17)18-9/h4,9H,1-3H2,(H,15,16,17). The second kappa shape index (κ2) is 4.89. The van der Waals surface area contributed by atoms with Crippen LogP contribution < -0.4 is 5.32 Å². The van der Waals surface area contributed by atoms with Gasteiger partial charge in [-0.05, 0) is 30.2 Å². The van der Waals surface area contributed by atoms with Crippen LogP contribution in [0.4, 0.5) is 4.79 Å². The lowest BCUT2D eigenvalue weighted by atomic mass is 10.0. The number of alkyl carbamates (subject to hydrolysis) is 1. The number of imide groups is 1. The van der Waals surface area contributed by atoms with Crippen molar-refractivity contribution >= 4 is 47.0 Å². The number of aryl methyl sites for hydroxylation is 1. The van der Waals surface area contributed by atoms with E-state index in [4.69, 9.17) is 27.9 Å². The van der Waals surface area contributed by atoms with E-state index in [9.17, 15) is 9.59 Å². The lowest BCUT2D eigenvalue weighted by Crippen LogP contribution is -2.21. The van der Waals surface area contributed by atoms with E-state index in [1.54, 1.807) is 11.8 Å². The Morgan fingerprint density at radius 2 is 2.16 bits per heavy atom. The molecule has 0 radical (unpaired) electrons. The van der Waals surface area contributed by atoms with E-state index in [-0.39, 0.29) is 5.02 Å². The number of cyclic esters (lactones) is 1. The molecule has 2 aliphatic rings. The average Bonchev–Trinajstić information content (AvgIpc) is 2.70. The van der Waals surface area contributed by atoms with Crippen molar-refractivity contribution in [2.24, 2.45) is 0 Å². The van der Waals surface area contributed by atoms with Gasteiger partial charge >= 0.3 is 6.09 Å². The molecule has 2 amide bonds. The average molecular weight is 318 g/mol. The number of benzene rings is 1. The van der Waals surface area contributed by atoms with Crippen LogP contribution in [0.25, 0.3) is 0 Å². The molecule has 4 nitrogen and oxygen atoms in total. The zero-order valence-corrected chi connectivity index (χ0v) is 12.0. The summed E-state index contributed by atoms with van der Waals surface area (Å²) in [7, 11) is 0. The summed E-state index contributed by atoms with van der Waals surface area (Å²) < 4.78 is 5.01. The monoisotopic (exact) mass is 317 g/mol. The lowest BCUT2D eigenvalue weighted by molar-refractivity contribution is -0.123. The van der Waals surface area contributed by atoms with E-state index in [0.29, 0.717) is 10.6 Å². The Labute approximate surface area is 123 Å². The minimum Gasteiger partial charge on any atom is -0.431 e. The topological polar surface area (TPSA) is 55.4 Å². The van der Waals surface area contributed by atoms with Crippen molar-refractivity contribution in [1.29, 1.82) is 0 Å². The van der Waals surface area contributed by atoms with Gasteiger partial charge in [-0.15, -0.1) is 11.8 Å². The number of nitrogens with one attached hydrogen (secondary N) is 1. The van der Waals surface area contributed by atoms with Gasteiger partial charge in [-0.25, -0.2) is 4.79 Å². The van der Waals surface area contributed by atoms with Crippen molar-refractivity contribution in [1.82, 2.24) is 5.32 Å². The fourth-order valence-corrected chi connectivity index (χ4v) is 4.00. The van der Waals surface area contributed by atoms with E-state index in [0.717, 1.165) is 29.1 Å².